The largest absolute Gasteiger partial charge is 0.303 e. The van der Waals surface area contributed by atoms with Gasteiger partial charge >= 0.3 is 0 Å². The fourth-order valence-corrected chi connectivity index (χ4v) is 15.1. The van der Waals surface area contributed by atoms with E-state index in [0.29, 0.717) is 0 Å². The van der Waals surface area contributed by atoms with Gasteiger partial charge in [0.15, 0.2) is 0 Å². The minimum Gasteiger partial charge on any atom is -0.303 e. The van der Waals surface area contributed by atoms with Gasteiger partial charge in [-0.05, 0) is 128 Å². The number of benzene rings is 10. The molecule has 3 heterocycles. The average Bonchev–Trinajstić information content (AvgIpc) is 4.08. The highest BCUT2D eigenvalue weighted by Crippen LogP contribution is 2.63. The minimum atomic E-state index is -0.549. The number of nitrogens with zero attached hydrogens (tertiary/aromatic N) is 1. The van der Waals surface area contributed by atoms with Crippen LogP contribution in [0.1, 0.15) is 34.7 Å². The number of hydrogen-bond acceptors (Lipinski definition) is 4. The molecule has 0 saturated carbocycles. The van der Waals surface area contributed by atoms with Crippen LogP contribution in [0, 0.1) is 12.3 Å². The Bertz CT molecular complexity index is 4220. The van der Waals surface area contributed by atoms with Gasteiger partial charge in [-0.15, -0.1) is 29.1 Å². The molecule has 0 atom stereocenters. The number of anilines is 2. The number of rotatable bonds is 6. The first-order valence-electron chi connectivity index (χ1n) is 23.7. The second-order valence-electron chi connectivity index (χ2n) is 18.3. The molecule has 1 spiro atoms. The van der Waals surface area contributed by atoms with Crippen molar-refractivity contribution in [3.63, 3.8) is 0 Å². The van der Waals surface area contributed by atoms with Crippen LogP contribution in [0.4, 0.5) is 11.4 Å². The molecule has 70 heavy (non-hydrogen) atoms. The minimum absolute atomic E-state index is 0.549. The van der Waals surface area contributed by atoms with Gasteiger partial charge < -0.3 is 4.90 Å². The van der Waals surface area contributed by atoms with Crippen molar-refractivity contribution in [1.82, 2.24) is 0 Å². The summed E-state index contributed by atoms with van der Waals surface area (Å²) in [4.78, 5) is 4.90. The third-order valence-corrected chi connectivity index (χ3v) is 18.1. The topological polar surface area (TPSA) is 3.24 Å². The molecule has 10 aromatic carbocycles. The molecule has 0 amide bonds. The molecular formula is C66H41NS3. The van der Waals surface area contributed by atoms with Crippen molar-refractivity contribution in [2.75, 3.05) is 4.90 Å². The smallest absolute Gasteiger partial charge is 0.0967 e. The quantitative estimate of drug-likeness (QED) is 0.121. The van der Waals surface area contributed by atoms with E-state index < -0.39 is 5.41 Å². The van der Waals surface area contributed by atoms with Crippen LogP contribution in [-0.2, 0) is 5.41 Å². The molecule has 12 aromatic rings. The van der Waals surface area contributed by atoms with Crippen LogP contribution in [0.5, 0.6) is 0 Å². The summed E-state index contributed by atoms with van der Waals surface area (Å²) in [5.41, 5.74) is 14.6. The Hall–Kier alpha value is -7.91. The lowest BCUT2D eigenvalue weighted by Gasteiger charge is -2.40. The van der Waals surface area contributed by atoms with Crippen LogP contribution in [0.25, 0.3) is 78.9 Å². The van der Waals surface area contributed by atoms with Crippen molar-refractivity contribution >= 4 is 103 Å². The molecule has 0 N–H and O–H groups in total. The first-order chi connectivity index (χ1) is 34.6. The van der Waals surface area contributed by atoms with Crippen molar-refractivity contribution in [2.45, 2.75) is 22.1 Å². The molecule has 0 unspecified atom stereocenters. The third-order valence-electron chi connectivity index (χ3n) is 14.6. The van der Waals surface area contributed by atoms with E-state index in [1.165, 1.54) is 111 Å². The lowest BCUT2D eigenvalue weighted by molar-refractivity contribution is 0.722. The standard InChI is InChI=1S/C66H41NS3/c1-3-43(35-34-41(2)46-24-17-33-63-64(46)52-23-8-13-30-60(52)68-63)67(45-38-53(48-25-16-19-42-18-4-5-20-47(42)48)65-54(39-45)51-22-7-12-29-59(51)70-65)44-36-37-50-49-21-6-9-26-55(49)66(58(50)40-44)56-27-10-14-31-61(56)69-62-32-15-11-28-57(62)66/h1,4-40H,2H3/b41-34+,43-35+. The summed E-state index contributed by atoms with van der Waals surface area (Å²) >= 11 is 5.58. The van der Waals surface area contributed by atoms with Crippen molar-refractivity contribution in [3.05, 3.63) is 258 Å². The molecule has 1 aliphatic carbocycles. The number of terminal acetylenes is 1. The molecule has 4 heteroatoms. The van der Waals surface area contributed by atoms with Crippen LogP contribution in [0.15, 0.2) is 240 Å². The Morgan fingerprint density at radius 1 is 0.471 bits per heavy atom. The maximum atomic E-state index is 6.88. The summed E-state index contributed by atoms with van der Waals surface area (Å²) in [6.07, 6.45) is 11.3. The highest BCUT2D eigenvalue weighted by Gasteiger charge is 2.50. The molecule has 0 bridgehead atoms. The van der Waals surface area contributed by atoms with Gasteiger partial charge in [-0.2, -0.15) is 0 Å². The Morgan fingerprint density at radius 3 is 1.89 bits per heavy atom. The molecular weight excluding hydrogens is 903 g/mol. The average molecular weight is 944 g/mol. The number of allylic oxidation sites excluding steroid dienone is 4. The molecule has 1 aliphatic heterocycles. The van der Waals surface area contributed by atoms with E-state index in [0.717, 1.165) is 22.6 Å². The van der Waals surface area contributed by atoms with Gasteiger partial charge in [0.05, 0.1) is 11.1 Å². The molecule has 0 radical (unpaired) electrons. The zero-order valence-electron chi connectivity index (χ0n) is 38.1. The van der Waals surface area contributed by atoms with Gasteiger partial charge in [0.25, 0.3) is 0 Å². The molecule has 328 valence electrons. The summed E-state index contributed by atoms with van der Waals surface area (Å²) in [5, 5.41) is 7.45. The Morgan fingerprint density at radius 2 is 1.09 bits per heavy atom. The highest BCUT2D eigenvalue weighted by atomic mass is 32.2. The fourth-order valence-electron chi connectivity index (χ4n) is 11.6. The lowest BCUT2D eigenvalue weighted by Crippen LogP contribution is -2.32. The zero-order valence-corrected chi connectivity index (χ0v) is 40.6. The molecule has 0 saturated heterocycles. The van der Waals surface area contributed by atoms with Crippen LogP contribution in [0.2, 0.25) is 0 Å². The lowest BCUT2D eigenvalue weighted by atomic mass is 9.67. The number of hydrogen-bond donors (Lipinski definition) is 0. The molecule has 2 aromatic heterocycles. The summed E-state index contributed by atoms with van der Waals surface area (Å²) in [6.45, 7) is 2.21. The SMILES string of the molecule is C#C/C(=C\C=C(/C)c1cccc2sc3ccccc3c12)N(c1ccc2c(c1)C1(c3ccccc3Sc3ccccc31)c1ccccc1-2)c1cc(-c2cccc3ccccc23)c2sc3ccccc3c2c1. The van der Waals surface area contributed by atoms with E-state index in [1.807, 2.05) is 34.4 Å². The fraction of sp³-hybridized carbons (Fsp3) is 0.0303. The van der Waals surface area contributed by atoms with Crippen LogP contribution in [-0.4, -0.2) is 0 Å². The molecule has 0 fully saturated rings. The van der Waals surface area contributed by atoms with Crippen molar-refractivity contribution in [2.24, 2.45) is 0 Å². The van der Waals surface area contributed by atoms with Gasteiger partial charge in [-0.3, -0.25) is 0 Å². The Kier molecular flexibility index (Phi) is 9.45. The maximum Gasteiger partial charge on any atom is 0.0967 e. The van der Waals surface area contributed by atoms with Crippen molar-refractivity contribution in [1.29, 1.82) is 0 Å². The van der Waals surface area contributed by atoms with Gasteiger partial charge in [0.2, 0.25) is 0 Å². The molecule has 14 rings (SSSR count). The van der Waals surface area contributed by atoms with Crippen LogP contribution in [0.3, 0.4) is 0 Å². The normalized spacial score (nSPS) is 13.7. The van der Waals surface area contributed by atoms with Crippen LogP contribution < -0.4 is 4.90 Å². The predicted molar refractivity (Wildman–Crippen MR) is 302 cm³/mol. The maximum absolute atomic E-state index is 6.88. The summed E-state index contributed by atoms with van der Waals surface area (Å²) in [6, 6.07) is 78.5. The predicted octanol–water partition coefficient (Wildman–Crippen LogP) is 18.8. The first kappa shape index (κ1) is 41.1. The number of fused-ring (bicyclic) bond motifs is 16. The van der Waals surface area contributed by atoms with Crippen molar-refractivity contribution in [3.8, 4) is 34.6 Å². The summed E-state index contributed by atoms with van der Waals surface area (Å²) in [7, 11) is 0. The van der Waals surface area contributed by atoms with Gasteiger partial charge in [-0.1, -0.05) is 181 Å². The monoisotopic (exact) mass is 943 g/mol. The summed E-state index contributed by atoms with van der Waals surface area (Å²) in [5.74, 6) is 3.27. The van der Waals surface area contributed by atoms with E-state index in [1.54, 1.807) is 0 Å². The highest BCUT2D eigenvalue weighted by molar-refractivity contribution is 7.99. The Balaban J connectivity index is 1.05. The number of thiophene rings is 2. The van der Waals surface area contributed by atoms with E-state index >= 15 is 0 Å². The van der Waals surface area contributed by atoms with E-state index in [-0.39, 0.29) is 0 Å². The Labute approximate surface area is 419 Å². The summed E-state index contributed by atoms with van der Waals surface area (Å²) < 4.78 is 5.09. The first-order valence-corrected chi connectivity index (χ1v) is 26.1. The van der Waals surface area contributed by atoms with Gasteiger partial charge in [-0.25, -0.2) is 0 Å². The zero-order chi connectivity index (χ0) is 46.5. The van der Waals surface area contributed by atoms with Crippen LogP contribution >= 0.6 is 34.4 Å². The van der Waals surface area contributed by atoms with Crippen molar-refractivity contribution < 1.29 is 0 Å². The van der Waals surface area contributed by atoms with E-state index in [2.05, 4.69) is 242 Å². The molecule has 1 nitrogen and oxygen atoms in total. The second kappa shape index (κ2) is 16.1. The van der Waals surface area contributed by atoms with Gasteiger partial charge in [0, 0.05) is 67.1 Å². The third kappa shape index (κ3) is 6.06. The van der Waals surface area contributed by atoms with Gasteiger partial charge in [0.1, 0.15) is 0 Å². The van der Waals surface area contributed by atoms with E-state index in [9.17, 15) is 0 Å². The second-order valence-corrected chi connectivity index (χ2v) is 21.5. The van der Waals surface area contributed by atoms with E-state index in [4.69, 9.17) is 6.42 Å². The molecule has 2 aliphatic rings.